The maximum atomic E-state index is 10.9. The number of benzene rings is 1. The molecule has 0 atom stereocenters. The lowest BCUT2D eigenvalue weighted by Gasteiger charge is -2.09. The number of carbonyl (C=O) groups is 1. The maximum absolute atomic E-state index is 10.9. The summed E-state index contributed by atoms with van der Waals surface area (Å²) in [6, 6.07) is 9.21. The van der Waals surface area contributed by atoms with Crippen molar-refractivity contribution >= 4 is 22.2 Å². The summed E-state index contributed by atoms with van der Waals surface area (Å²) < 4.78 is 7.87. The Hall–Kier alpha value is -1.55. The fourth-order valence-electron chi connectivity index (χ4n) is 1.51. The molecular weight excluding hydrogens is 270 g/mol. The fourth-order valence-corrected chi connectivity index (χ4v) is 1.95. The highest BCUT2D eigenvalue weighted by atomic mass is 79.9. The molecule has 0 fully saturated rings. The van der Waals surface area contributed by atoms with Crippen molar-refractivity contribution in [2.45, 2.75) is 0 Å². The zero-order valence-corrected chi connectivity index (χ0v) is 10.3. The zero-order valence-electron chi connectivity index (χ0n) is 8.68. The number of halogens is 1. The highest BCUT2D eigenvalue weighted by Gasteiger charge is 2.07. The average Bonchev–Trinajstić information content (AvgIpc) is 2.77. The summed E-state index contributed by atoms with van der Waals surface area (Å²) in [6.07, 6.45) is 2.66. The van der Waals surface area contributed by atoms with Crippen LogP contribution in [0.5, 0.6) is 5.75 Å². The number of ether oxygens (including phenoxy) is 1. The molecule has 16 heavy (non-hydrogen) atoms. The van der Waals surface area contributed by atoms with Crippen molar-refractivity contribution in [3.63, 3.8) is 0 Å². The molecule has 0 N–H and O–H groups in total. The van der Waals surface area contributed by atoms with Gasteiger partial charge in [-0.05, 0) is 40.2 Å². The van der Waals surface area contributed by atoms with E-state index in [4.69, 9.17) is 4.74 Å². The van der Waals surface area contributed by atoms with Crippen molar-refractivity contribution in [3.8, 4) is 11.4 Å². The van der Waals surface area contributed by atoms with Gasteiger partial charge in [-0.1, -0.05) is 0 Å². The van der Waals surface area contributed by atoms with Gasteiger partial charge in [0.15, 0.2) is 6.29 Å². The quantitative estimate of drug-likeness (QED) is 0.809. The molecule has 0 amide bonds. The first kappa shape index (κ1) is 11.0. The lowest BCUT2D eigenvalue weighted by atomic mass is 10.3. The molecule has 0 saturated heterocycles. The topological polar surface area (TPSA) is 31.2 Å². The smallest absolute Gasteiger partial charge is 0.166 e. The third-order valence-corrected chi connectivity index (χ3v) is 2.98. The molecule has 2 rings (SSSR count). The summed E-state index contributed by atoms with van der Waals surface area (Å²) in [7, 11) is 1.61. The number of aromatic nitrogens is 1. The van der Waals surface area contributed by atoms with Crippen molar-refractivity contribution in [3.05, 3.63) is 46.7 Å². The largest absolute Gasteiger partial charge is 0.497 e. The Kier molecular flexibility index (Phi) is 3.10. The molecule has 1 aromatic heterocycles. The van der Waals surface area contributed by atoms with Crippen molar-refractivity contribution < 1.29 is 9.53 Å². The number of methoxy groups -OCH3 is 1. The molecule has 1 heterocycles. The van der Waals surface area contributed by atoms with Crippen LogP contribution in [-0.2, 0) is 0 Å². The van der Waals surface area contributed by atoms with Gasteiger partial charge < -0.3 is 9.30 Å². The fraction of sp³-hybridized carbons (Fsp3) is 0.0833. The van der Waals surface area contributed by atoms with Crippen LogP contribution in [0.3, 0.4) is 0 Å². The van der Waals surface area contributed by atoms with Crippen LogP contribution in [0.25, 0.3) is 5.69 Å². The van der Waals surface area contributed by atoms with E-state index < -0.39 is 0 Å². The Morgan fingerprint density at radius 1 is 1.38 bits per heavy atom. The maximum Gasteiger partial charge on any atom is 0.166 e. The SMILES string of the molecule is COc1ccc(Br)c(-n2cccc2C=O)c1. The standard InChI is InChI=1S/C12H10BrNO2/c1-16-10-4-5-11(13)12(7-10)14-6-2-3-9(14)8-15/h2-8H,1H3. The molecule has 1 aromatic carbocycles. The Morgan fingerprint density at radius 3 is 2.88 bits per heavy atom. The Labute approximate surface area is 102 Å². The highest BCUT2D eigenvalue weighted by Crippen LogP contribution is 2.26. The predicted octanol–water partition coefficient (Wildman–Crippen LogP) is 3.06. The predicted molar refractivity (Wildman–Crippen MR) is 65.4 cm³/mol. The summed E-state index contributed by atoms with van der Waals surface area (Å²) in [6.45, 7) is 0. The minimum Gasteiger partial charge on any atom is -0.497 e. The van der Waals surface area contributed by atoms with Crippen molar-refractivity contribution in [1.82, 2.24) is 4.57 Å². The van der Waals surface area contributed by atoms with Crippen LogP contribution >= 0.6 is 15.9 Å². The summed E-state index contributed by atoms with van der Waals surface area (Å²) >= 11 is 3.45. The van der Waals surface area contributed by atoms with Crippen LogP contribution < -0.4 is 4.74 Å². The molecule has 0 aliphatic carbocycles. The van der Waals surface area contributed by atoms with Crippen LogP contribution in [0.2, 0.25) is 0 Å². The second-order valence-corrected chi connectivity index (χ2v) is 4.09. The van der Waals surface area contributed by atoms with E-state index in [2.05, 4.69) is 15.9 Å². The minimum atomic E-state index is 0.606. The van der Waals surface area contributed by atoms with Gasteiger partial charge in [-0.25, -0.2) is 0 Å². The number of hydrogen-bond donors (Lipinski definition) is 0. The molecule has 4 heteroatoms. The molecule has 0 bridgehead atoms. The monoisotopic (exact) mass is 279 g/mol. The lowest BCUT2D eigenvalue weighted by molar-refractivity contribution is 0.111. The molecule has 0 unspecified atom stereocenters. The molecule has 0 spiro atoms. The first-order valence-electron chi connectivity index (χ1n) is 4.72. The summed E-state index contributed by atoms with van der Waals surface area (Å²) in [4.78, 5) is 10.9. The Morgan fingerprint density at radius 2 is 2.19 bits per heavy atom. The third kappa shape index (κ3) is 1.88. The summed E-state index contributed by atoms with van der Waals surface area (Å²) in [5, 5.41) is 0. The Balaban J connectivity index is 2.58. The van der Waals surface area contributed by atoms with E-state index >= 15 is 0 Å². The van der Waals surface area contributed by atoms with Crippen LogP contribution in [0.15, 0.2) is 41.0 Å². The van der Waals surface area contributed by atoms with Crippen LogP contribution in [-0.4, -0.2) is 18.0 Å². The van der Waals surface area contributed by atoms with Gasteiger partial charge in [0.2, 0.25) is 0 Å². The molecule has 82 valence electrons. The van der Waals surface area contributed by atoms with Crippen LogP contribution in [0.4, 0.5) is 0 Å². The zero-order chi connectivity index (χ0) is 11.5. The van der Waals surface area contributed by atoms with E-state index in [1.54, 1.807) is 17.7 Å². The van der Waals surface area contributed by atoms with Gasteiger partial charge in [0.1, 0.15) is 5.75 Å². The first-order valence-corrected chi connectivity index (χ1v) is 5.52. The summed E-state index contributed by atoms with van der Waals surface area (Å²) in [5.41, 5.74) is 1.49. The number of hydrogen-bond acceptors (Lipinski definition) is 2. The molecule has 3 nitrogen and oxygen atoms in total. The van der Waals surface area contributed by atoms with Crippen LogP contribution in [0, 0.1) is 0 Å². The van der Waals surface area contributed by atoms with Gasteiger partial charge >= 0.3 is 0 Å². The van der Waals surface area contributed by atoms with Crippen molar-refractivity contribution in [1.29, 1.82) is 0 Å². The third-order valence-electron chi connectivity index (χ3n) is 2.31. The number of aldehydes is 1. The van der Waals surface area contributed by atoms with Gasteiger partial charge in [0, 0.05) is 16.7 Å². The molecule has 0 radical (unpaired) electrons. The van der Waals surface area contributed by atoms with E-state index in [9.17, 15) is 4.79 Å². The molecular formula is C12H10BrNO2. The second-order valence-electron chi connectivity index (χ2n) is 3.24. The average molecular weight is 280 g/mol. The van der Waals surface area contributed by atoms with Gasteiger partial charge in [0.25, 0.3) is 0 Å². The minimum absolute atomic E-state index is 0.606. The number of nitrogens with zero attached hydrogens (tertiary/aromatic N) is 1. The van der Waals surface area contributed by atoms with Gasteiger partial charge in [-0.3, -0.25) is 4.79 Å². The second kappa shape index (κ2) is 4.53. The normalized spacial score (nSPS) is 10.1. The van der Waals surface area contributed by atoms with Gasteiger partial charge in [-0.2, -0.15) is 0 Å². The molecule has 2 aromatic rings. The molecule has 0 aliphatic rings. The van der Waals surface area contributed by atoms with E-state index in [-0.39, 0.29) is 0 Å². The lowest BCUT2D eigenvalue weighted by Crippen LogP contribution is -1.99. The van der Waals surface area contributed by atoms with E-state index in [0.717, 1.165) is 22.2 Å². The van der Waals surface area contributed by atoms with E-state index in [0.29, 0.717) is 5.69 Å². The van der Waals surface area contributed by atoms with E-state index in [1.807, 2.05) is 30.5 Å². The van der Waals surface area contributed by atoms with Gasteiger partial charge in [0.05, 0.1) is 18.5 Å². The highest BCUT2D eigenvalue weighted by molar-refractivity contribution is 9.10. The molecule has 0 aliphatic heterocycles. The summed E-state index contributed by atoms with van der Waals surface area (Å²) in [5.74, 6) is 0.753. The van der Waals surface area contributed by atoms with E-state index in [1.165, 1.54) is 0 Å². The molecule has 0 saturated carbocycles. The first-order chi connectivity index (χ1) is 7.76. The Bertz CT molecular complexity index is 519. The van der Waals surface area contributed by atoms with Crippen molar-refractivity contribution in [2.24, 2.45) is 0 Å². The van der Waals surface area contributed by atoms with Gasteiger partial charge in [-0.15, -0.1) is 0 Å². The number of carbonyl (C=O) groups excluding carboxylic acids is 1. The van der Waals surface area contributed by atoms with Crippen molar-refractivity contribution in [2.75, 3.05) is 7.11 Å². The number of rotatable bonds is 3. The van der Waals surface area contributed by atoms with Crippen LogP contribution in [0.1, 0.15) is 10.5 Å².